The van der Waals surface area contributed by atoms with Crippen LogP contribution < -0.4 is 0 Å². The van der Waals surface area contributed by atoms with Gasteiger partial charge in [0.05, 0.1) is 16.8 Å². The van der Waals surface area contributed by atoms with E-state index >= 15 is 0 Å². The van der Waals surface area contributed by atoms with Crippen LogP contribution in [0.3, 0.4) is 0 Å². The maximum absolute atomic E-state index is 13.6. The summed E-state index contributed by atoms with van der Waals surface area (Å²) in [7, 11) is 0. The summed E-state index contributed by atoms with van der Waals surface area (Å²) in [5.74, 6) is -0.760. The van der Waals surface area contributed by atoms with E-state index in [1.165, 1.54) is 18.3 Å². The zero-order valence-electron chi connectivity index (χ0n) is 9.15. The zero-order chi connectivity index (χ0) is 13.1. The molecular formula is C10H9FN4O3. The van der Waals surface area contributed by atoms with Gasteiger partial charge < -0.3 is 5.11 Å². The van der Waals surface area contributed by atoms with Crippen molar-refractivity contribution in [1.82, 2.24) is 15.0 Å². The summed E-state index contributed by atoms with van der Waals surface area (Å²) in [5, 5.41) is 26.9. The van der Waals surface area contributed by atoms with E-state index in [0.717, 1.165) is 10.7 Å². The minimum atomic E-state index is -0.760. The van der Waals surface area contributed by atoms with Crippen LogP contribution in [-0.4, -0.2) is 31.6 Å². The molecule has 1 heterocycles. The first kappa shape index (κ1) is 12.1. The van der Waals surface area contributed by atoms with E-state index in [1.807, 2.05) is 0 Å². The standard InChI is InChI=1S/C10H9FN4O3/c11-8-2-1-3-9(15(17)18)10(8)14-6-7(4-5-16)12-13-14/h1-3,6,16H,4-5H2. The molecule has 1 N–H and O–H groups in total. The van der Waals surface area contributed by atoms with Gasteiger partial charge in [0.2, 0.25) is 0 Å². The predicted octanol–water partition coefficient (Wildman–Crippen LogP) is 0.849. The van der Waals surface area contributed by atoms with Gasteiger partial charge in [-0.05, 0) is 6.07 Å². The number of nitro groups is 1. The molecule has 0 saturated heterocycles. The Balaban J connectivity index is 2.51. The number of aromatic nitrogens is 3. The summed E-state index contributed by atoms with van der Waals surface area (Å²) >= 11 is 0. The Hall–Kier alpha value is -2.35. The molecule has 0 atom stereocenters. The number of aliphatic hydroxyl groups is 1. The highest BCUT2D eigenvalue weighted by Gasteiger charge is 2.20. The lowest BCUT2D eigenvalue weighted by Gasteiger charge is -2.02. The van der Waals surface area contributed by atoms with Gasteiger partial charge in [-0.15, -0.1) is 5.10 Å². The number of hydrogen-bond acceptors (Lipinski definition) is 5. The largest absolute Gasteiger partial charge is 0.396 e. The van der Waals surface area contributed by atoms with Crippen molar-refractivity contribution >= 4 is 5.69 Å². The fraction of sp³-hybridized carbons (Fsp3) is 0.200. The third-order valence-electron chi connectivity index (χ3n) is 2.30. The summed E-state index contributed by atoms with van der Waals surface area (Å²) in [6.45, 7) is -0.127. The number of para-hydroxylation sites is 1. The molecule has 0 unspecified atom stereocenters. The second kappa shape index (κ2) is 4.88. The van der Waals surface area contributed by atoms with E-state index < -0.39 is 16.4 Å². The van der Waals surface area contributed by atoms with E-state index in [0.29, 0.717) is 5.69 Å². The first-order valence-electron chi connectivity index (χ1n) is 5.09. The number of nitro benzene ring substituents is 1. The molecule has 18 heavy (non-hydrogen) atoms. The predicted molar refractivity (Wildman–Crippen MR) is 58.8 cm³/mol. The SMILES string of the molecule is O=[N+]([O-])c1cccc(F)c1-n1cc(CCO)nn1. The van der Waals surface area contributed by atoms with Gasteiger partial charge in [-0.25, -0.2) is 9.07 Å². The van der Waals surface area contributed by atoms with Gasteiger partial charge in [0.1, 0.15) is 0 Å². The molecule has 1 aromatic heterocycles. The van der Waals surface area contributed by atoms with Gasteiger partial charge in [-0.3, -0.25) is 10.1 Å². The average molecular weight is 252 g/mol. The van der Waals surface area contributed by atoms with Gasteiger partial charge in [0, 0.05) is 19.1 Å². The van der Waals surface area contributed by atoms with Crippen molar-refractivity contribution in [3.05, 3.63) is 46.0 Å². The molecule has 0 aliphatic carbocycles. The molecule has 0 radical (unpaired) electrons. The van der Waals surface area contributed by atoms with E-state index in [9.17, 15) is 14.5 Å². The van der Waals surface area contributed by atoms with Gasteiger partial charge in [-0.2, -0.15) is 0 Å². The van der Waals surface area contributed by atoms with Crippen LogP contribution >= 0.6 is 0 Å². The number of benzene rings is 1. The van der Waals surface area contributed by atoms with E-state index in [1.54, 1.807) is 0 Å². The lowest BCUT2D eigenvalue weighted by atomic mass is 10.2. The molecule has 2 aromatic rings. The summed E-state index contributed by atoms with van der Waals surface area (Å²) in [4.78, 5) is 10.1. The third-order valence-corrected chi connectivity index (χ3v) is 2.30. The van der Waals surface area contributed by atoms with E-state index in [2.05, 4.69) is 10.3 Å². The van der Waals surface area contributed by atoms with Crippen LogP contribution in [0.5, 0.6) is 0 Å². The molecule has 0 amide bonds. The van der Waals surface area contributed by atoms with E-state index in [4.69, 9.17) is 5.11 Å². The number of nitrogens with zero attached hydrogens (tertiary/aromatic N) is 4. The van der Waals surface area contributed by atoms with Crippen LogP contribution in [-0.2, 0) is 6.42 Å². The van der Waals surface area contributed by atoms with Crippen LogP contribution in [0.15, 0.2) is 24.4 Å². The van der Waals surface area contributed by atoms with Crippen molar-refractivity contribution in [2.75, 3.05) is 6.61 Å². The fourth-order valence-corrected chi connectivity index (χ4v) is 1.51. The second-order valence-corrected chi connectivity index (χ2v) is 3.49. The zero-order valence-corrected chi connectivity index (χ0v) is 9.15. The molecule has 0 spiro atoms. The summed E-state index contributed by atoms with van der Waals surface area (Å²) in [5.41, 5.74) is -0.232. The molecule has 1 aromatic carbocycles. The number of hydrogen-bond donors (Lipinski definition) is 1. The van der Waals surface area contributed by atoms with Crippen molar-refractivity contribution in [2.24, 2.45) is 0 Å². The summed E-state index contributed by atoms with van der Waals surface area (Å²) in [6.07, 6.45) is 1.60. The Morgan fingerprint density at radius 2 is 2.28 bits per heavy atom. The van der Waals surface area contributed by atoms with Gasteiger partial charge in [0.15, 0.2) is 11.5 Å². The van der Waals surface area contributed by atoms with Crippen molar-refractivity contribution < 1.29 is 14.4 Å². The highest BCUT2D eigenvalue weighted by Crippen LogP contribution is 2.24. The van der Waals surface area contributed by atoms with E-state index in [-0.39, 0.29) is 18.7 Å². The Kier molecular flexibility index (Phi) is 3.28. The van der Waals surface area contributed by atoms with Crippen LogP contribution in [0.2, 0.25) is 0 Å². The minimum absolute atomic E-state index is 0.127. The smallest absolute Gasteiger partial charge is 0.297 e. The normalized spacial score (nSPS) is 10.6. The van der Waals surface area contributed by atoms with Gasteiger partial charge >= 0.3 is 0 Å². The third kappa shape index (κ3) is 2.18. The van der Waals surface area contributed by atoms with Crippen molar-refractivity contribution in [2.45, 2.75) is 6.42 Å². The Morgan fingerprint density at radius 1 is 1.50 bits per heavy atom. The molecule has 94 valence electrons. The lowest BCUT2D eigenvalue weighted by molar-refractivity contribution is -0.384. The minimum Gasteiger partial charge on any atom is -0.396 e. The van der Waals surface area contributed by atoms with Crippen molar-refractivity contribution in [3.63, 3.8) is 0 Å². The van der Waals surface area contributed by atoms with Gasteiger partial charge in [0.25, 0.3) is 5.69 Å². The highest BCUT2D eigenvalue weighted by molar-refractivity contribution is 5.52. The molecule has 0 fully saturated rings. The summed E-state index contributed by atoms with van der Waals surface area (Å²) in [6, 6.07) is 3.55. The second-order valence-electron chi connectivity index (χ2n) is 3.49. The monoisotopic (exact) mass is 252 g/mol. The molecule has 0 bridgehead atoms. The van der Waals surface area contributed by atoms with Crippen molar-refractivity contribution in [1.29, 1.82) is 0 Å². The Labute approximate surface area is 101 Å². The maximum Gasteiger partial charge on any atom is 0.297 e. The van der Waals surface area contributed by atoms with Crippen molar-refractivity contribution in [3.8, 4) is 5.69 Å². The Bertz CT molecular complexity index is 584. The quantitative estimate of drug-likeness (QED) is 0.643. The van der Waals surface area contributed by atoms with Crippen LogP contribution in [0.4, 0.5) is 10.1 Å². The topological polar surface area (TPSA) is 94.1 Å². The van der Waals surface area contributed by atoms with Crippen LogP contribution in [0, 0.1) is 15.9 Å². The highest BCUT2D eigenvalue weighted by atomic mass is 19.1. The Morgan fingerprint density at radius 3 is 2.94 bits per heavy atom. The van der Waals surface area contributed by atoms with Gasteiger partial charge in [-0.1, -0.05) is 11.3 Å². The molecule has 2 rings (SSSR count). The molecular weight excluding hydrogens is 243 g/mol. The molecule has 8 heteroatoms. The van der Waals surface area contributed by atoms with Crippen LogP contribution in [0.25, 0.3) is 5.69 Å². The first-order chi connectivity index (χ1) is 8.63. The average Bonchev–Trinajstić information content (AvgIpc) is 2.77. The summed E-state index contributed by atoms with van der Waals surface area (Å²) < 4.78 is 14.6. The number of halogens is 1. The first-order valence-corrected chi connectivity index (χ1v) is 5.09. The fourth-order valence-electron chi connectivity index (χ4n) is 1.51. The lowest BCUT2D eigenvalue weighted by Crippen LogP contribution is -2.03. The molecule has 0 aliphatic rings. The maximum atomic E-state index is 13.6. The van der Waals surface area contributed by atoms with Crippen LogP contribution in [0.1, 0.15) is 5.69 Å². The number of aliphatic hydroxyl groups excluding tert-OH is 1. The molecule has 0 saturated carbocycles. The molecule has 0 aliphatic heterocycles. The number of rotatable bonds is 4. The molecule has 7 nitrogen and oxygen atoms in total.